The number of ketones is 2. The summed E-state index contributed by atoms with van der Waals surface area (Å²) in [6.45, 7) is 5.26. The first-order valence-electron chi connectivity index (χ1n) is 14.2. The zero-order valence-corrected chi connectivity index (χ0v) is 24.9. The molecule has 2 aromatic rings. The van der Waals surface area contributed by atoms with E-state index in [2.05, 4.69) is 11.6 Å². The molecule has 0 bridgehead atoms. The van der Waals surface area contributed by atoms with E-state index < -0.39 is 53.2 Å². The van der Waals surface area contributed by atoms with Gasteiger partial charge in [-0.1, -0.05) is 47.5 Å². The molecule has 2 amide bonds. The Kier molecular flexibility index (Phi) is 7.35. The van der Waals surface area contributed by atoms with Gasteiger partial charge in [0.15, 0.2) is 17.4 Å². The first-order valence-corrected chi connectivity index (χ1v) is 14.6. The minimum absolute atomic E-state index is 0.000830. The van der Waals surface area contributed by atoms with Crippen LogP contribution in [0.1, 0.15) is 42.5 Å². The summed E-state index contributed by atoms with van der Waals surface area (Å²) in [7, 11) is 1.24. The topological polar surface area (TPSA) is 108 Å². The Morgan fingerprint density at radius 3 is 2.56 bits per heavy atom. The number of alkyl halides is 3. The van der Waals surface area contributed by atoms with Crippen LogP contribution in [0.2, 0.25) is 5.02 Å². The lowest BCUT2D eigenvalue weighted by atomic mass is 9.59. The molecule has 1 fully saturated rings. The first kappa shape index (κ1) is 30.5. The second kappa shape index (κ2) is 10.8. The number of pyridine rings is 1. The molecule has 232 valence electrons. The third kappa shape index (κ3) is 4.72. The molecule has 2 heterocycles. The summed E-state index contributed by atoms with van der Waals surface area (Å²) in [6, 6.07) is 6.81. The number of anilines is 1. The molecule has 45 heavy (non-hydrogen) atoms. The molecule has 1 aromatic heterocycles. The number of hydrogen-bond donors (Lipinski definition) is 1. The summed E-state index contributed by atoms with van der Waals surface area (Å²) in [4.78, 5) is 58.5. The highest BCUT2D eigenvalue weighted by Gasteiger charge is 2.58. The molecular formula is C33H27ClF3N3O5. The van der Waals surface area contributed by atoms with Crippen molar-refractivity contribution in [3.63, 3.8) is 0 Å². The van der Waals surface area contributed by atoms with E-state index >= 15 is 0 Å². The molecule has 4 atom stereocenters. The number of carbonyl (C=O) groups is 4. The molecule has 12 heteroatoms. The number of carbonyl (C=O) groups excluding carboxylic acids is 4. The fraction of sp³-hybridized carbons (Fsp3) is 0.303. The molecule has 1 aliphatic heterocycles. The number of aromatic nitrogens is 1. The summed E-state index contributed by atoms with van der Waals surface area (Å²) >= 11 is 6.19. The second-order valence-corrected chi connectivity index (χ2v) is 12.0. The van der Waals surface area contributed by atoms with Gasteiger partial charge in [-0.15, -0.1) is 6.58 Å². The Morgan fingerprint density at radius 1 is 1.13 bits per heavy atom. The maximum Gasteiger partial charge on any atom is 0.433 e. The third-order valence-electron chi connectivity index (χ3n) is 9.09. The molecule has 4 aliphatic rings. The summed E-state index contributed by atoms with van der Waals surface area (Å²) < 4.78 is 40.4. The Bertz CT molecular complexity index is 1810. The van der Waals surface area contributed by atoms with Gasteiger partial charge in [-0.3, -0.25) is 24.2 Å². The number of rotatable bonds is 5. The van der Waals surface area contributed by atoms with E-state index in [1.54, 1.807) is 30.4 Å². The molecule has 1 aromatic carbocycles. The van der Waals surface area contributed by atoms with Crippen molar-refractivity contribution in [3.05, 3.63) is 99.3 Å². The van der Waals surface area contributed by atoms with Gasteiger partial charge in [-0.05, 0) is 55.9 Å². The van der Waals surface area contributed by atoms with Gasteiger partial charge in [-0.25, -0.2) is 4.98 Å². The highest BCUT2D eigenvalue weighted by Crippen LogP contribution is 2.56. The quantitative estimate of drug-likeness (QED) is 0.256. The van der Waals surface area contributed by atoms with Crippen molar-refractivity contribution in [3.8, 4) is 5.75 Å². The number of halogens is 4. The molecular weight excluding hydrogens is 611 g/mol. The van der Waals surface area contributed by atoms with Gasteiger partial charge < -0.3 is 5.11 Å². The predicted molar refractivity (Wildman–Crippen MR) is 158 cm³/mol. The second-order valence-electron chi connectivity index (χ2n) is 11.6. The van der Waals surface area contributed by atoms with Crippen LogP contribution < -0.4 is 5.01 Å². The SMILES string of the molecule is C=CCc1cccc(C2C3=CCC4C(=O)N(N(C)c5nc(C(F)(F)F)ccc5Cl)C(=O)C4C3CC3=C2C(=O)C=C(C)C3=O)c1O. The van der Waals surface area contributed by atoms with Crippen molar-refractivity contribution in [1.82, 2.24) is 9.99 Å². The van der Waals surface area contributed by atoms with Crippen molar-refractivity contribution in [1.29, 1.82) is 0 Å². The molecule has 8 nitrogen and oxygen atoms in total. The fourth-order valence-corrected chi connectivity index (χ4v) is 7.32. The standard InChI is InChI=1S/C33H27ClF3N3O5/c1-4-6-16-7-5-8-18(29(16)43)25-17-9-10-19-26(20(17)14-21-27(25)23(41)13-15(2)28(21)42)32(45)40(31(19)44)39(3)30-22(34)11-12-24(38-30)33(35,36)37/h4-5,7-9,11-13,19-20,25-26,43H,1,6,10,14H2,2-3H3. The van der Waals surface area contributed by atoms with Crippen LogP contribution >= 0.6 is 11.6 Å². The van der Waals surface area contributed by atoms with E-state index in [0.717, 1.165) is 16.1 Å². The van der Waals surface area contributed by atoms with Crippen molar-refractivity contribution in [2.45, 2.75) is 38.3 Å². The minimum Gasteiger partial charge on any atom is -0.507 e. The molecule has 6 rings (SSSR count). The molecule has 1 saturated heterocycles. The van der Waals surface area contributed by atoms with Crippen molar-refractivity contribution >= 4 is 40.8 Å². The molecule has 0 radical (unpaired) electrons. The number of phenols is 1. The summed E-state index contributed by atoms with van der Waals surface area (Å²) in [5.74, 6) is -6.00. The highest BCUT2D eigenvalue weighted by atomic mass is 35.5. The smallest absolute Gasteiger partial charge is 0.433 e. The first-order chi connectivity index (χ1) is 21.3. The average Bonchev–Trinajstić information content (AvgIpc) is 3.25. The third-order valence-corrected chi connectivity index (χ3v) is 9.38. The number of imide groups is 1. The minimum atomic E-state index is -4.79. The lowest BCUT2D eigenvalue weighted by Gasteiger charge is -2.42. The average molecular weight is 638 g/mol. The van der Waals surface area contributed by atoms with Crippen molar-refractivity contribution in [2.75, 3.05) is 12.1 Å². The van der Waals surface area contributed by atoms with Gasteiger partial charge in [-0.2, -0.15) is 18.2 Å². The number of benzene rings is 1. The van der Waals surface area contributed by atoms with E-state index in [9.17, 15) is 37.5 Å². The van der Waals surface area contributed by atoms with Crippen LogP contribution in [0.3, 0.4) is 0 Å². The zero-order chi connectivity index (χ0) is 32.5. The maximum absolute atomic E-state index is 14.1. The summed E-state index contributed by atoms with van der Waals surface area (Å²) in [6.07, 6.45) is 0.334. The normalized spacial score (nSPS) is 24.6. The van der Waals surface area contributed by atoms with Crippen LogP contribution in [0.5, 0.6) is 5.75 Å². The zero-order valence-electron chi connectivity index (χ0n) is 24.2. The summed E-state index contributed by atoms with van der Waals surface area (Å²) in [5.41, 5.74) is 1.01. The van der Waals surface area contributed by atoms with E-state index in [0.29, 0.717) is 29.2 Å². The number of aromatic hydroxyl groups is 1. The largest absolute Gasteiger partial charge is 0.507 e. The summed E-state index contributed by atoms with van der Waals surface area (Å²) in [5, 5.41) is 12.8. The van der Waals surface area contributed by atoms with Crippen LogP contribution in [0.4, 0.5) is 19.0 Å². The van der Waals surface area contributed by atoms with Crippen LogP contribution in [-0.4, -0.2) is 45.5 Å². The lowest BCUT2D eigenvalue weighted by molar-refractivity contribution is -0.141. The fourth-order valence-electron chi connectivity index (χ4n) is 7.09. The Labute approximate surface area is 261 Å². The van der Waals surface area contributed by atoms with Crippen LogP contribution in [0.15, 0.2) is 77.4 Å². The van der Waals surface area contributed by atoms with Gasteiger partial charge in [0.1, 0.15) is 11.4 Å². The molecule has 1 N–H and O–H groups in total. The van der Waals surface area contributed by atoms with Gasteiger partial charge in [0.25, 0.3) is 11.8 Å². The van der Waals surface area contributed by atoms with E-state index in [4.69, 9.17) is 11.6 Å². The van der Waals surface area contributed by atoms with E-state index in [1.807, 2.05) is 0 Å². The predicted octanol–water partition coefficient (Wildman–Crippen LogP) is 5.67. The van der Waals surface area contributed by atoms with Crippen LogP contribution in [0, 0.1) is 17.8 Å². The van der Waals surface area contributed by atoms with Crippen molar-refractivity contribution < 1.29 is 37.5 Å². The number of hydrazine groups is 1. The van der Waals surface area contributed by atoms with Gasteiger partial charge in [0.05, 0.1) is 16.9 Å². The molecule has 0 saturated carbocycles. The molecule has 3 aliphatic carbocycles. The Hall–Kier alpha value is -4.51. The van der Waals surface area contributed by atoms with Gasteiger partial charge in [0, 0.05) is 35.2 Å². The van der Waals surface area contributed by atoms with E-state index in [-0.39, 0.29) is 51.9 Å². The number of hydrogen-bond acceptors (Lipinski definition) is 7. The Balaban J connectivity index is 1.45. The number of allylic oxidation sites excluding steroid dienone is 7. The Morgan fingerprint density at radius 2 is 1.87 bits per heavy atom. The van der Waals surface area contributed by atoms with Crippen LogP contribution in [0.25, 0.3) is 0 Å². The van der Waals surface area contributed by atoms with Gasteiger partial charge in [0.2, 0.25) is 0 Å². The number of Topliss-reactive ketones (excluding diaryl/α,β-unsaturated/α-hetero) is 1. The monoisotopic (exact) mass is 637 g/mol. The number of para-hydroxylation sites is 1. The number of phenolic OH excluding ortho intramolecular Hbond substituents is 1. The number of amides is 2. The van der Waals surface area contributed by atoms with Crippen LogP contribution in [-0.2, 0) is 31.8 Å². The lowest BCUT2D eigenvalue weighted by Crippen LogP contribution is -2.46. The number of nitrogens with zero attached hydrogens (tertiary/aromatic N) is 3. The molecule has 0 spiro atoms. The highest BCUT2D eigenvalue weighted by molar-refractivity contribution is 6.33. The van der Waals surface area contributed by atoms with Crippen molar-refractivity contribution in [2.24, 2.45) is 17.8 Å². The molecule has 4 unspecified atom stereocenters. The number of fused-ring (bicyclic) bond motifs is 3. The maximum atomic E-state index is 14.1. The van der Waals surface area contributed by atoms with E-state index in [1.165, 1.54) is 20.0 Å². The van der Waals surface area contributed by atoms with Gasteiger partial charge >= 0.3 is 6.18 Å².